The van der Waals surface area contributed by atoms with Gasteiger partial charge in [-0.2, -0.15) is 13.7 Å². The normalized spacial score (nSPS) is 15.8. The van der Waals surface area contributed by atoms with Crippen LogP contribution in [0.1, 0.15) is 21.9 Å². The molecule has 1 aromatic heterocycles. The zero-order valence-electron chi connectivity index (χ0n) is 15.6. The van der Waals surface area contributed by atoms with E-state index in [9.17, 15) is 13.7 Å². The van der Waals surface area contributed by atoms with Crippen molar-refractivity contribution in [1.82, 2.24) is 0 Å². The first-order valence-electron chi connectivity index (χ1n) is 8.76. The Balaban J connectivity index is 1.73. The van der Waals surface area contributed by atoms with Gasteiger partial charge in [-0.15, -0.1) is 11.3 Å². The van der Waals surface area contributed by atoms with Crippen LogP contribution in [-0.2, 0) is 10.1 Å². The van der Waals surface area contributed by atoms with Crippen LogP contribution >= 0.6 is 22.9 Å². The lowest BCUT2D eigenvalue weighted by Crippen LogP contribution is -2.20. The van der Waals surface area contributed by atoms with E-state index in [2.05, 4.69) is 6.07 Å². The van der Waals surface area contributed by atoms with Crippen molar-refractivity contribution in [3.05, 3.63) is 86.4 Å². The van der Waals surface area contributed by atoms with E-state index in [-0.39, 0.29) is 22.4 Å². The number of fused-ring (bicyclic) bond motifs is 1. The second-order valence-corrected chi connectivity index (χ2v) is 9.44. The summed E-state index contributed by atoms with van der Waals surface area (Å²) in [6.45, 7) is 1.61. The van der Waals surface area contributed by atoms with Crippen molar-refractivity contribution in [3.63, 3.8) is 0 Å². The van der Waals surface area contributed by atoms with Crippen molar-refractivity contribution >= 4 is 33.1 Å². The van der Waals surface area contributed by atoms with Crippen molar-refractivity contribution in [3.8, 4) is 17.6 Å². The fourth-order valence-electron chi connectivity index (χ4n) is 3.27. The Bertz CT molecular complexity index is 1310. The van der Waals surface area contributed by atoms with E-state index in [1.54, 1.807) is 25.1 Å². The van der Waals surface area contributed by atoms with Gasteiger partial charge in [0.15, 0.2) is 0 Å². The van der Waals surface area contributed by atoms with Crippen LogP contribution in [0.5, 0.6) is 11.5 Å². The minimum atomic E-state index is -4.11. The van der Waals surface area contributed by atoms with E-state index >= 15 is 0 Å². The van der Waals surface area contributed by atoms with Crippen LogP contribution in [0.2, 0.25) is 5.02 Å². The maximum Gasteiger partial charge on any atom is 0.339 e. The number of thiophene rings is 1. The van der Waals surface area contributed by atoms with Crippen LogP contribution in [0.4, 0.5) is 0 Å². The highest BCUT2D eigenvalue weighted by Crippen LogP contribution is 2.44. The van der Waals surface area contributed by atoms with Gasteiger partial charge in [0.25, 0.3) is 0 Å². The predicted octanol–water partition coefficient (Wildman–Crippen LogP) is 4.70. The maximum atomic E-state index is 12.8. The Morgan fingerprint density at radius 1 is 1.23 bits per heavy atom. The molecule has 0 saturated heterocycles. The third-order valence-corrected chi connectivity index (χ3v) is 7.45. The summed E-state index contributed by atoms with van der Waals surface area (Å²) in [6, 6.07) is 15.1. The average molecular weight is 459 g/mol. The molecular weight excluding hydrogens is 444 g/mol. The van der Waals surface area contributed by atoms with Gasteiger partial charge in [0.2, 0.25) is 5.88 Å². The summed E-state index contributed by atoms with van der Waals surface area (Å²) in [5, 5.41) is 11.8. The molecule has 1 aliphatic heterocycles. The third-order valence-electron chi connectivity index (χ3n) is 4.71. The van der Waals surface area contributed by atoms with Crippen molar-refractivity contribution in [1.29, 1.82) is 5.26 Å². The molecule has 0 bridgehead atoms. The molecule has 0 saturated carbocycles. The topological polar surface area (TPSA) is 102 Å². The monoisotopic (exact) mass is 458 g/mol. The van der Waals surface area contributed by atoms with Crippen LogP contribution in [0.25, 0.3) is 0 Å². The second kappa shape index (κ2) is 7.69. The van der Waals surface area contributed by atoms with Gasteiger partial charge in [0.1, 0.15) is 28.0 Å². The van der Waals surface area contributed by atoms with Crippen molar-refractivity contribution in [2.75, 3.05) is 0 Å². The van der Waals surface area contributed by atoms with Gasteiger partial charge in [-0.1, -0.05) is 29.8 Å². The summed E-state index contributed by atoms with van der Waals surface area (Å²) < 4.78 is 36.4. The fourth-order valence-corrected chi connectivity index (χ4v) is 5.53. The molecule has 0 radical (unpaired) electrons. The molecule has 2 N–H and O–H groups in total. The lowest BCUT2D eigenvalue weighted by atomic mass is 9.88. The molecule has 3 aromatic rings. The van der Waals surface area contributed by atoms with Gasteiger partial charge in [0.05, 0.1) is 5.92 Å². The average Bonchev–Trinajstić information content (AvgIpc) is 3.22. The quantitative estimate of drug-likeness (QED) is 0.568. The molecule has 2 aromatic carbocycles. The van der Waals surface area contributed by atoms with E-state index in [1.165, 1.54) is 29.5 Å². The predicted molar refractivity (Wildman–Crippen MR) is 114 cm³/mol. The Hall–Kier alpha value is -2.99. The molecule has 0 spiro atoms. The number of hydrogen-bond acceptors (Lipinski definition) is 7. The smallest absolute Gasteiger partial charge is 0.339 e. The molecule has 2 heterocycles. The third kappa shape index (κ3) is 3.52. The van der Waals surface area contributed by atoms with E-state index in [0.29, 0.717) is 27.5 Å². The number of allylic oxidation sites excluding steroid dienone is 1. The maximum absolute atomic E-state index is 12.8. The highest BCUT2D eigenvalue weighted by molar-refractivity contribution is 7.87. The van der Waals surface area contributed by atoms with Gasteiger partial charge >= 0.3 is 10.1 Å². The lowest BCUT2D eigenvalue weighted by Gasteiger charge is -2.25. The molecule has 1 unspecified atom stereocenters. The van der Waals surface area contributed by atoms with Crippen LogP contribution < -0.4 is 14.7 Å². The van der Waals surface area contributed by atoms with Gasteiger partial charge in [-0.3, -0.25) is 0 Å². The highest BCUT2D eigenvalue weighted by Gasteiger charge is 2.32. The summed E-state index contributed by atoms with van der Waals surface area (Å²) in [5.74, 6) is -0.0136. The summed E-state index contributed by atoms with van der Waals surface area (Å²) in [5.41, 5.74) is 7.38. The van der Waals surface area contributed by atoms with Crippen LogP contribution in [0.3, 0.4) is 0 Å². The standard InChI is InChI=1S/C21H15ClN2O4S2/c1-12-16(22)4-2-6-19(12)30(25,26)28-13-7-8-14-17(10-13)27-21(24)15(11-23)20(14)18-5-3-9-29-18/h2-10,20H,24H2,1H3. The van der Waals surface area contributed by atoms with E-state index in [0.717, 1.165) is 4.88 Å². The molecule has 152 valence electrons. The first-order valence-corrected chi connectivity index (χ1v) is 11.4. The SMILES string of the molecule is Cc1c(Cl)cccc1S(=O)(=O)Oc1ccc2c(c1)OC(N)=C(C#N)C2c1cccs1. The molecule has 1 aliphatic rings. The lowest BCUT2D eigenvalue weighted by molar-refractivity contribution is 0.391. The summed E-state index contributed by atoms with van der Waals surface area (Å²) in [6.07, 6.45) is 0. The van der Waals surface area contributed by atoms with Crippen LogP contribution in [0, 0.1) is 18.3 Å². The highest BCUT2D eigenvalue weighted by atomic mass is 35.5. The Labute approximate surface area is 182 Å². The first-order chi connectivity index (χ1) is 14.3. The number of nitrogens with two attached hydrogens (primary N) is 1. The van der Waals surface area contributed by atoms with Crippen molar-refractivity contribution in [2.45, 2.75) is 17.7 Å². The molecule has 0 fully saturated rings. The zero-order valence-corrected chi connectivity index (χ0v) is 18.0. The number of halogens is 1. The van der Waals surface area contributed by atoms with Crippen molar-refractivity contribution < 1.29 is 17.3 Å². The molecule has 1 atom stereocenters. The number of nitriles is 1. The summed E-state index contributed by atoms with van der Waals surface area (Å²) in [7, 11) is -4.11. The van der Waals surface area contributed by atoms with Gasteiger partial charge in [-0.25, -0.2) is 0 Å². The minimum Gasteiger partial charge on any atom is -0.440 e. The van der Waals surface area contributed by atoms with Gasteiger partial charge in [-0.05, 0) is 42.1 Å². The molecule has 0 amide bonds. The van der Waals surface area contributed by atoms with E-state index < -0.39 is 10.1 Å². The molecule has 6 nitrogen and oxygen atoms in total. The van der Waals surface area contributed by atoms with Crippen LogP contribution in [-0.4, -0.2) is 8.42 Å². The minimum absolute atomic E-state index is 0.0173. The van der Waals surface area contributed by atoms with E-state index in [4.69, 9.17) is 26.3 Å². The van der Waals surface area contributed by atoms with Crippen LogP contribution in [0.15, 0.2) is 70.3 Å². The number of nitrogens with zero attached hydrogens (tertiary/aromatic N) is 1. The molecule has 4 rings (SSSR count). The fraction of sp³-hybridized carbons (Fsp3) is 0.0952. The number of benzene rings is 2. The largest absolute Gasteiger partial charge is 0.440 e. The molecule has 9 heteroatoms. The number of hydrogen-bond donors (Lipinski definition) is 1. The Kier molecular flexibility index (Phi) is 5.20. The van der Waals surface area contributed by atoms with Crippen molar-refractivity contribution in [2.24, 2.45) is 5.73 Å². The number of rotatable bonds is 4. The molecule has 30 heavy (non-hydrogen) atoms. The molecular formula is C21H15ClN2O4S2. The molecule has 0 aliphatic carbocycles. The Morgan fingerprint density at radius 2 is 2.03 bits per heavy atom. The first kappa shape index (κ1) is 20.3. The van der Waals surface area contributed by atoms with E-state index in [1.807, 2.05) is 17.5 Å². The van der Waals surface area contributed by atoms with Gasteiger partial charge in [0, 0.05) is 21.5 Å². The zero-order chi connectivity index (χ0) is 21.5. The second-order valence-electron chi connectivity index (χ2n) is 6.54. The summed E-state index contributed by atoms with van der Waals surface area (Å²) >= 11 is 7.53. The summed E-state index contributed by atoms with van der Waals surface area (Å²) in [4.78, 5) is 0.908. The Morgan fingerprint density at radius 3 is 2.73 bits per heavy atom. The number of ether oxygens (including phenoxy) is 1. The van der Waals surface area contributed by atoms with Gasteiger partial charge < -0.3 is 14.7 Å².